The Morgan fingerprint density at radius 3 is 2.63 bits per heavy atom. The maximum atomic E-state index is 13.2. The van der Waals surface area contributed by atoms with Crippen molar-refractivity contribution in [1.29, 1.82) is 0 Å². The number of nitrogens with one attached hydrogen (secondary N) is 2. The highest BCUT2D eigenvalue weighted by Crippen LogP contribution is 2.41. The van der Waals surface area contributed by atoms with Crippen molar-refractivity contribution in [3.63, 3.8) is 0 Å². The van der Waals surface area contributed by atoms with E-state index in [1.165, 1.54) is 37.0 Å². The van der Waals surface area contributed by atoms with E-state index in [1.807, 2.05) is 43.5 Å². The van der Waals surface area contributed by atoms with Crippen molar-refractivity contribution in [2.75, 3.05) is 12.4 Å². The van der Waals surface area contributed by atoms with Crippen molar-refractivity contribution in [2.24, 2.45) is 5.92 Å². The van der Waals surface area contributed by atoms with E-state index < -0.39 is 12.5 Å². The number of allylic oxidation sites excluding steroid dienone is 5. The summed E-state index contributed by atoms with van der Waals surface area (Å²) in [5.41, 5.74) is 5.40. The number of aromatic amines is 1. The number of nitrogens with zero attached hydrogens (tertiary/aromatic N) is 3. The zero-order valence-electron chi connectivity index (χ0n) is 23.9. The van der Waals surface area contributed by atoms with Crippen molar-refractivity contribution >= 4 is 29.0 Å². The third-order valence-electron chi connectivity index (χ3n) is 7.43. The van der Waals surface area contributed by atoms with Gasteiger partial charge in [0.2, 0.25) is 0 Å². The first-order chi connectivity index (χ1) is 20.7. The van der Waals surface area contributed by atoms with Crippen LogP contribution in [-0.2, 0) is 4.74 Å². The van der Waals surface area contributed by atoms with Gasteiger partial charge in [-0.2, -0.15) is 5.10 Å². The number of anilines is 1. The number of rotatable bonds is 11. The number of aromatic nitrogens is 4. The molecule has 43 heavy (non-hydrogen) atoms. The Morgan fingerprint density at radius 2 is 1.98 bits per heavy atom. The van der Waals surface area contributed by atoms with E-state index in [4.69, 9.17) is 16.6 Å². The van der Waals surface area contributed by atoms with Gasteiger partial charge in [-0.05, 0) is 66.3 Å². The van der Waals surface area contributed by atoms with Crippen LogP contribution in [0.15, 0.2) is 91.4 Å². The van der Waals surface area contributed by atoms with E-state index in [2.05, 4.69) is 26.7 Å². The van der Waals surface area contributed by atoms with Crippen LogP contribution in [0.25, 0.3) is 22.5 Å². The molecule has 1 fully saturated rings. The summed E-state index contributed by atoms with van der Waals surface area (Å²) in [6.07, 6.45) is 10.4. The summed E-state index contributed by atoms with van der Waals surface area (Å²) >= 11 is 6.35. The summed E-state index contributed by atoms with van der Waals surface area (Å²) in [5, 5.41) is 7.32. The Bertz CT molecular complexity index is 1670. The molecular formula is C33H32ClF2N5O2. The molecule has 0 aliphatic heterocycles. The van der Waals surface area contributed by atoms with Crippen LogP contribution in [0.3, 0.4) is 0 Å². The average molecular weight is 604 g/mol. The van der Waals surface area contributed by atoms with E-state index in [1.54, 1.807) is 30.3 Å². The number of alkyl halides is 2. The Kier molecular flexibility index (Phi) is 9.21. The van der Waals surface area contributed by atoms with Gasteiger partial charge in [-0.3, -0.25) is 5.32 Å². The minimum absolute atomic E-state index is 0.0191. The molecule has 2 N–H and O–H groups in total. The zero-order chi connectivity index (χ0) is 30.5. The number of hydrogen-bond donors (Lipinski definition) is 2. The molecule has 0 saturated heterocycles. The predicted molar refractivity (Wildman–Crippen MR) is 166 cm³/mol. The smallest absolute Gasteiger partial charge is 0.411 e. The number of methoxy groups -OCH3 is 1. The highest BCUT2D eigenvalue weighted by atomic mass is 35.5. The number of benzene rings is 2. The fourth-order valence-electron chi connectivity index (χ4n) is 4.86. The quantitative estimate of drug-likeness (QED) is 0.167. The van der Waals surface area contributed by atoms with Crippen LogP contribution in [0.2, 0.25) is 5.02 Å². The molecule has 1 saturated carbocycles. The van der Waals surface area contributed by atoms with Gasteiger partial charge in [0, 0.05) is 28.4 Å². The van der Waals surface area contributed by atoms with Crippen molar-refractivity contribution < 1.29 is 18.3 Å². The minimum Gasteiger partial charge on any atom is -0.453 e. The Labute approximate surface area is 253 Å². The molecule has 7 nitrogen and oxygen atoms in total. The standard InChI is InChI=1S/C33H32ClF2N5O2/c1-4-22(28-16-25(34)11-14-30(28)41-19-24(17-38-41)31(35)36)8-5-20(2)27(15-21-6-7-21)32-37-18-29(40-32)23-9-12-26(13-10-23)39-33(42)43-3/h4-5,8-14,16-19,21,27,31H,2,6-7,15H2,1,3H3,(H,37,40)(H,39,42)/b8-5-,22-4+. The van der Waals surface area contributed by atoms with Gasteiger partial charge in [-0.1, -0.05) is 61.4 Å². The van der Waals surface area contributed by atoms with Gasteiger partial charge in [0.1, 0.15) is 5.82 Å². The SMILES string of the molecule is C=C(/C=C\C(=C/C)c1cc(Cl)ccc1-n1cc(C(F)F)cn1)C(CC1CC1)c1ncc(-c2ccc(NC(=O)OC)cc2)[nH]1. The van der Waals surface area contributed by atoms with E-state index in [9.17, 15) is 13.6 Å². The van der Waals surface area contributed by atoms with Crippen molar-refractivity contribution in [1.82, 2.24) is 19.7 Å². The molecule has 2 heterocycles. The van der Waals surface area contributed by atoms with Gasteiger partial charge in [0.25, 0.3) is 6.43 Å². The van der Waals surface area contributed by atoms with Gasteiger partial charge < -0.3 is 9.72 Å². The summed E-state index contributed by atoms with van der Waals surface area (Å²) in [6.45, 7) is 6.32. The third kappa shape index (κ3) is 7.29. The maximum absolute atomic E-state index is 13.2. The number of ether oxygens (including phenoxy) is 1. The molecule has 1 aliphatic rings. The van der Waals surface area contributed by atoms with E-state index in [-0.39, 0.29) is 11.5 Å². The summed E-state index contributed by atoms with van der Waals surface area (Å²) in [6, 6.07) is 12.7. The number of carbonyl (C=O) groups excluding carboxylic acids is 1. The van der Waals surface area contributed by atoms with Crippen LogP contribution < -0.4 is 5.32 Å². The maximum Gasteiger partial charge on any atom is 0.411 e. The third-order valence-corrected chi connectivity index (χ3v) is 7.66. The number of H-pyrrole nitrogens is 1. The summed E-state index contributed by atoms with van der Waals surface area (Å²) < 4.78 is 32.6. The second-order valence-corrected chi connectivity index (χ2v) is 10.9. The number of hydrogen-bond acceptors (Lipinski definition) is 4. The largest absolute Gasteiger partial charge is 0.453 e. The first-order valence-corrected chi connectivity index (χ1v) is 14.3. The Hall–Kier alpha value is -4.50. The monoisotopic (exact) mass is 603 g/mol. The van der Waals surface area contributed by atoms with Crippen LogP contribution in [-0.4, -0.2) is 33.0 Å². The van der Waals surface area contributed by atoms with Crippen LogP contribution in [0.5, 0.6) is 0 Å². The molecule has 0 spiro atoms. The normalized spacial score (nSPS) is 14.3. The summed E-state index contributed by atoms with van der Waals surface area (Å²) in [4.78, 5) is 19.7. The van der Waals surface area contributed by atoms with E-state index in [0.717, 1.165) is 40.2 Å². The molecule has 2 aromatic heterocycles. The van der Waals surface area contributed by atoms with Crippen molar-refractivity contribution in [2.45, 2.75) is 38.5 Å². The van der Waals surface area contributed by atoms with Crippen LogP contribution >= 0.6 is 11.6 Å². The lowest BCUT2D eigenvalue weighted by atomic mass is 9.92. The molecular weight excluding hydrogens is 572 g/mol. The lowest BCUT2D eigenvalue weighted by Crippen LogP contribution is -2.10. The van der Waals surface area contributed by atoms with Gasteiger partial charge in [-0.25, -0.2) is 23.2 Å². The molecule has 0 radical (unpaired) electrons. The zero-order valence-corrected chi connectivity index (χ0v) is 24.6. The molecule has 1 aliphatic carbocycles. The highest BCUT2D eigenvalue weighted by Gasteiger charge is 2.29. The summed E-state index contributed by atoms with van der Waals surface area (Å²) in [7, 11) is 1.32. The number of halogens is 3. The molecule has 10 heteroatoms. The molecule has 1 unspecified atom stereocenters. The van der Waals surface area contributed by atoms with E-state index in [0.29, 0.717) is 22.3 Å². The first-order valence-electron chi connectivity index (χ1n) is 13.9. The Balaban J connectivity index is 1.38. The van der Waals surface area contributed by atoms with E-state index >= 15 is 0 Å². The van der Waals surface area contributed by atoms with Crippen LogP contribution in [0.1, 0.15) is 55.5 Å². The average Bonchev–Trinajstić information content (AvgIpc) is 3.46. The number of carbonyl (C=O) groups is 1. The lowest BCUT2D eigenvalue weighted by Gasteiger charge is -2.16. The van der Waals surface area contributed by atoms with Crippen molar-refractivity contribution in [3.8, 4) is 16.9 Å². The molecule has 1 atom stereocenters. The van der Waals surface area contributed by atoms with Crippen LogP contribution in [0.4, 0.5) is 19.3 Å². The number of imidazole rings is 1. The fourth-order valence-corrected chi connectivity index (χ4v) is 5.03. The minimum atomic E-state index is -2.61. The highest BCUT2D eigenvalue weighted by molar-refractivity contribution is 6.30. The number of amides is 1. The Morgan fingerprint density at radius 1 is 1.21 bits per heavy atom. The van der Waals surface area contributed by atoms with Gasteiger partial charge in [0.05, 0.1) is 36.4 Å². The second-order valence-electron chi connectivity index (χ2n) is 10.4. The molecule has 2 aromatic carbocycles. The van der Waals surface area contributed by atoms with Crippen LogP contribution in [0, 0.1) is 5.92 Å². The van der Waals surface area contributed by atoms with Gasteiger partial charge in [-0.15, -0.1) is 0 Å². The molecule has 1 amide bonds. The molecule has 222 valence electrons. The van der Waals surface area contributed by atoms with Gasteiger partial charge >= 0.3 is 6.09 Å². The molecule has 4 aromatic rings. The molecule has 0 bridgehead atoms. The van der Waals surface area contributed by atoms with Crippen molar-refractivity contribution in [3.05, 3.63) is 113 Å². The topological polar surface area (TPSA) is 84.8 Å². The lowest BCUT2D eigenvalue weighted by molar-refractivity contribution is 0.151. The second kappa shape index (κ2) is 13.2. The first kappa shape index (κ1) is 30.0. The molecule has 5 rings (SSSR count). The summed E-state index contributed by atoms with van der Waals surface area (Å²) in [5.74, 6) is 1.43. The predicted octanol–water partition coefficient (Wildman–Crippen LogP) is 9.13. The fraction of sp³-hybridized carbons (Fsp3) is 0.242. The van der Waals surface area contributed by atoms with Gasteiger partial charge in [0.15, 0.2) is 0 Å².